The number of carbonyl (C=O) groups is 1. The fraction of sp³-hybridized carbons (Fsp3) is 0.533. The first-order valence-electron chi connectivity index (χ1n) is 6.76. The van der Waals surface area contributed by atoms with Gasteiger partial charge in [-0.2, -0.15) is 13.2 Å². The maximum absolute atomic E-state index is 12.7. The van der Waals surface area contributed by atoms with E-state index in [9.17, 15) is 18.0 Å². The smallest absolute Gasteiger partial charge is 0.365 e. The highest BCUT2D eigenvalue weighted by atomic mass is 19.4. The third kappa shape index (κ3) is 3.37. The number of halogens is 3. The molecule has 1 aromatic carbocycles. The predicted molar refractivity (Wildman–Crippen MR) is 71.8 cm³/mol. The number of nitrogens with zero attached hydrogens (tertiary/aromatic N) is 1. The highest BCUT2D eigenvalue weighted by Crippen LogP contribution is 2.30. The van der Waals surface area contributed by atoms with E-state index in [0.29, 0.717) is 0 Å². The van der Waals surface area contributed by atoms with Gasteiger partial charge in [0.15, 0.2) is 6.10 Å². The molecule has 116 valence electrons. The zero-order valence-corrected chi connectivity index (χ0v) is 12.0. The monoisotopic (exact) mass is 301 g/mol. The largest absolute Gasteiger partial charge is 0.416 e. The zero-order chi connectivity index (χ0) is 15.7. The molecule has 21 heavy (non-hydrogen) atoms. The number of carbonyl (C=O) groups excluding carboxylic acids is 1. The summed E-state index contributed by atoms with van der Waals surface area (Å²) < 4.78 is 42.9. The van der Waals surface area contributed by atoms with E-state index in [0.717, 1.165) is 5.56 Å². The van der Waals surface area contributed by atoms with Crippen molar-refractivity contribution in [3.05, 3.63) is 35.9 Å². The summed E-state index contributed by atoms with van der Waals surface area (Å²) in [6.07, 6.45) is -6.35. The number of ether oxygens (including phenoxy) is 1. The van der Waals surface area contributed by atoms with E-state index in [2.05, 4.69) is 0 Å². The first-order valence-corrected chi connectivity index (χ1v) is 6.76. The minimum atomic E-state index is -4.45. The van der Waals surface area contributed by atoms with Crippen LogP contribution < -0.4 is 0 Å². The van der Waals surface area contributed by atoms with E-state index in [-0.39, 0.29) is 19.1 Å². The van der Waals surface area contributed by atoms with E-state index >= 15 is 0 Å². The molecule has 0 bridgehead atoms. The number of morpholine rings is 1. The summed E-state index contributed by atoms with van der Waals surface area (Å²) >= 11 is 0. The minimum absolute atomic E-state index is 0.0964. The molecule has 1 amide bonds. The van der Waals surface area contributed by atoms with Crippen LogP contribution in [0.15, 0.2) is 30.3 Å². The van der Waals surface area contributed by atoms with Crippen molar-refractivity contribution < 1.29 is 22.7 Å². The molecule has 2 rings (SSSR count). The van der Waals surface area contributed by atoms with Gasteiger partial charge < -0.3 is 9.64 Å². The van der Waals surface area contributed by atoms with Crippen LogP contribution in [0.2, 0.25) is 0 Å². The van der Waals surface area contributed by atoms with Crippen LogP contribution in [0.3, 0.4) is 0 Å². The molecule has 6 heteroatoms. The van der Waals surface area contributed by atoms with Crippen molar-refractivity contribution in [2.45, 2.75) is 31.5 Å². The molecule has 1 aliphatic heterocycles. The molecule has 0 unspecified atom stereocenters. The molecule has 0 aliphatic carbocycles. The van der Waals surface area contributed by atoms with Gasteiger partial charge in [0, 0.05) is 6.54 Å². The normalized spacial score (nSPS) is 20.4. The van der Waals surface area contributed by atoms with Gasteiger partial charge in [0.25, 0.3) is 0 Å². The van der Waals surface area contributed by atoms with Crippen molar-refractivity contribution in [2.75, 3.05) is 19.7 Å². The van der Waals surface area contributed by atoms with Gasteiger partial charge >= 0.3 is 6.18 Å². The summed E-state index contributed by atoms with van der Waals surface area (Å²) in [4.78, 5) is 13.8. The lowest BCUT2D eigenvalue weighted by molar-refractivity contribution is -0.236. The van der Waals surface area contributed by atoms with Gasteiger partial charge in [-0.05, 0) is 19.4 Å². The number of hydrogen-bond donors (Lipinski definition) is 0. The van der Waals surface area contributed by atoms with Crippen LogP contribution in [0, 0.1) is 0 Å². The molecule has 1 fully saturated rings. The van der Waals surface area contributed by atoms with Gasteiger partial charge in [-0.1, -0.05) is 30.3 Å². The van der Waals surface area contributed by atoms with Crippen molar-refractivity contribution in [2.24, 2.45) is 0 Å². The van der Waals surface area contributed by atoms with Crippen molar-refractivity contribution in [3.63, 3.8) is 0 Å². The molecule has 0 saturated carbocycles. The summed E-state index contributed by atoms with van der Waals surface area (Å²) in [7, 11) is 0. The Morgan fingerprint density at radius 3 is 2.43 bits per heavy atom. The molecule has 0 radical (unpaired) electrons. The van der Waals surface area contributed by atoms with Gasteiger partial charge in [-0.25, -0.2) is 0 Å². The lowest BCUT2D eigenvalue weighted by Gasteiger charge is -2.38. The molecule has 3 nitrogen and oxygen atoms in total. The summed E-state index contributed by atoms with van der Waals surface area (Å²) in [6, 6.07) is 9.06. The third-order valence-electron chi connectivity index (χ3n) is 3.75. The van der Waals surface area contributed by atoms with Crippen LogP contribution >= 0.6 is 0 Å². The van der Waals surface area contributed by atoms with Crippen LogP contribution in [0.25, 0.3) is 0 Å². The van der Waals surface area contributed by atoms with E-state index in [4.69, 9.17) is 4.74 Å². The van der Waals surface area contributed by atoms with Gasteiger partial charge in [0.2, 0.25) is 5.91 Å². The maximum Gasteiger partial charge on any atom is 0.416 e. The molecular formula is C15H18F3NO2. The average molecular weight is 301 g/mol. The molecule has 1 aliphatic rings. The number of rotatable bonds is 2. The number of amides is 1. The molecule has 0 N–H and O–H groups in total. The van der Waals surface area contributed by atoms with Crippen LogP contribution in [-0.2, 0) is 14.9 Å². The topological polar surface area (TPSA) is 29.5 Å². The van der Waals surface area contributed by atoms with E-state index in [1.54, 1.807) is 26.0 Å². The number of alkyl halides is 3. The van der Waals surface area contributed by atoms with Gasteiger partial charge in [0.1, 0.15) is 0 Å². The van der Waals surface area contributed by atoms with Gasteiger partial charge in [0.05, 0.1) is 18.6 Å². The van der Waals surface area contributed by atoms with Crippen molar-refractivity contribution in [3.8, 4) is 0 Å². The Hall–Kier alpha value is -1.56. The van der Waals surface area contributed by atoms with Gasteiger partial charge in [-0.15, -0.1) is 0 Å². The fourth-order valence-electron chi connectivity index (χ4n) is 2.41. The molecule has 1 atom stereocenters. The second kappa shape index (κ2) is 5.67. The zero-order valence-electron chi connectivity index (χ0n) is 12.0. The minimum Gasteiger partial charge on any atom is -0.365 e. The highest BCUT2D eigenvalue weighted by molar-refractivity contribution is 5.87. The Kier molecular flexibility index (Phi) is 4.27. The predicted octanol–water partition coefficient (Wildman–Crippen LogP) is 2.75. The Bertz CT molecular complexity index is 499. The summed E-state index contributed by atoms with van der Waals surface area (Å²) in [5.74, 6) is -0.314. The van der Waals surface area contributed by atoms with Crippen molar-refractivity contribution in [1.29, 1.82) is 0 Å². The van der Waals surface area contributed by atoms with Crippen molar-refractivity contribution >= 4 is 5.91 Å². The standard InChI is InChI=1S/C15H18F3NO2/c1-14(2,11-6-4-3-5-7-11)13(20)19-8-9-21-12(10-19)15(16,17)18/h3-7,12H,8-10H2,1-2H3/t12-/m1/s1. The quantitative estimate of drug-likeness (QED) is 0.840. The SMILES string of the molecule is CC(C)(C(=O)N1CCO[C@@H](C(F)(F)F)C1)c1ccccc1. The first kappa shape index (κ1) is 15.8. The Balaban J connectivity index is 2.16. The molecule has 1 saturated heterocycles. The van der Waals surface area contributed by atoms with Crippen LogP contribution in [0.4, 0.5) is 13.2 Å². The number of benzene rings is 1. The fourth-order valence-corrected chi connectivity index (χ4v) is 2.41. The Morgan fingerprint density at radius 1 is 1.24 bits per heavy atom. The second-order valence-corrected chi connectivity index (χ2v) is 5.64. The van der Waals surface area contributed by atoms with Crippen molar-refractivity contribution in [1.82, 2.24) is 4.90 Å². The first-order chi connectivity index (χ1) is 9.73. The Labute approximate surface area is 121 Å². The summed E-state index contributed by atoms with van der Waals surface area (Å²) in [5, 5.41) is 0. The number of hydrogen-bond acceptors (Lipinski definition) is 2. The lowest BCUT2D eigenvalue weighted by Crippen LogP contribution is -2.54. The van der Waals surface area contributed by atoms with E-state index in [1.165, 1.54) is 4.90 Å². The third-order valence-corrected chi connectivity index (χ3v) is 3.75. The molecule has 0 aromatic heterocycles. The molecule has 1 heterocycles. The van der Waals surface area contributed by atoms with Crippen LogP contribution in [0.5, 0.6) is 0 Å². The molecular weight excluding hydrogens is 283 g/mol. The Morgan fingerprint density at radius 2 is 1.86 bits per heavy atom. The average Bonchev–Trinajstić information content (AvgIpc) is 2.46. The molecule has 1 aromatic rings. The molecule has 0 spiro atoms. The van der Waals surface area contributed by atoms with E-state index in [1.807, 2.05) is 18.2 Å². The van der Waals surface area contributed by atoms with Gasteiger partial charge in [-0.3, -0.25) is 4.79 Å². The van der Waals surface area contributed by atoms with Crippen LogP contribution in [-0.4, -0.2) is 42.8 Å². The summed E-state index contributed by atoms with van der Waals surface area (Å²) in [6.45, 7) is 3.09. The maximum atomic E-state index is 12.7. The lowest BCUT2D eigenvalue weighted by atomic mass is 9.83. The second-order valence-electron chi connectivity index (χ2n) is 5.64. The van der Waals surface area contributed by atoms with Crippen LogP contribution in [0.1, 0.15) is 19.4 Å². The van der Waals surface area contributed by atoms with E-state index < -0.39 is 24.2 Å². The summed E-state index contributed by atoms with van der Waals surface area (Å²) in [5.41, 5.74) is -0.0839. The highest BCUT2D eigenvalue weighted by Gasteiger charge is 2.46.